The van der Waals surface area contributed by atoms with Crippen LogP contribution in [0, 0.1) is 43.8 Å². The minimum atomic E-state index is -4.79. The van der Waals surface area contributed by atoms with E-state index in [4.69, 9.17) is 0 Å². The van der Waals surface area contributed by atoms with E-state index >= 15 is 4.39 Å². The monoisotopic (exact) mass is 668 g/mol. The highest BCUT2D eigenvalue weighted by molar-refractivity contribution is 5.82. The number of alkyl halides is 3. The van der Waals surface area contributed by atoms with Crippen LogP contribution in [0.15, 0.2) is 41.3 Å². The van der Waals surface area contributed by atoms with Crippen molar-refractivity contribution >= 4 is 11.9 Å². The van der Waals surface area contributed by atoms with Crippen molar-refractivity contribution in [3.8, 4) is 17.2 Å². The van der Waals surface area contributed by atoms with Gasteiger partial charge in [0.2, 0.25) is 5.91 Å². The maximum atomic E-state index is 15.8. The van der Waals surface area contributed by atoms with E-state index < -0.39 is 53.5 Å². The Kier molecular flexibility index (Phi) is 11.1. The quantitative estimate of drug-likeness (QED) is 0.209. The number of pyridine rings is 1. The third-order valence-corrected chi connectivity index (χ3v) is 8.95. The number of carbonyl (C=O) groups is 2. The highest BCUT2D eigenvalue weighted by Crippen LogP contribution is 2.36. The molecule has 1 aromatic heterocycles. The molecule has 3 aromatic rings. The summed E-state index contributed by atoms with van der Waals surface area (Å²) in [5.74, 6) is -3.13. The summed E-state index contributed by atoms with van der Waals surface area (Å²) in [6.07, 6.45) is -3.43. The van der Waals surface area contributed by atoms with Crippen molar-refractivity contribution in [3.05, 3.63) is 91.6 Å². The first kappa shape index (κ1) is 36.3. The first-order chi connectivity index (χ1) is 22.5. The van der Waals surface area contributed by atoms with Crippen molar-refractivity contribution in [2.45, 2.75) is 78.6 Å². The van der Waals surface area contributed by atoms with Gasteiger partial charge in [-0.2, -0.15) is 18.4 Å². The van der Waals surface area contributed by atoms with Gasteiger partial charge in [0.05, 0.1) is 29.7 Å². The number of nitrogens with one attached hydrogen (secondary N) is 1. The topological polar surface area (TPSA) is 115 Å². The molecule has 2 heterocycles. The summed E-state index contributed by atoms with van der Waals surface area (Å²) in [7, 11) is 0. The highest BCUT2D eigenvalue weighted by atomic mass is 19.4. The molecule has 1 fully saturated rings. The van der Waals surface area contributed by atoms with E-state index in [2.05, 4.69) is 11.4 Å². The van der Waals surface area contributed by atoms with Gasteiger partial charge >= 0.3 is 12.1 Å². The molecule has 1 amide bonds. The van der Waals surface area contributed by atoms with Crippen LogP contribution in [0.4, 0.5) is 17.6 Å². The van der Waals surface area contributed by atoms with E-state index in [1.165, 1.54) is 13.0 Å². The molecule has 8 nitrogen and oxygen atoms in total. The zero-order valence-electron chi connectivity index (χ0n) is 27.7. The number of carbonyl (C=O) groups excluding carboxylic acids is 1. The van der Waals surface area contributed by atoms with Crippen molar-refractivity contribution in [2.75, 3.05) is 19.6 Å². The van der Waals surface area contributed by atoms with Gasteiger partial charge in [0, 0.05) is 29.9 Å². The van der Waals surface area contributed by atoms with E-state index in [0.29, 0.717) is 29.3 Å². The summed E-state index contributed by atoms with van der Waals surface area (Å²) in [4.78, 5) is 41.2. The van der Waals surface area contributed by atoms with E-state index in [1.54, 1.807) is 32.0 Å². The Hall–Kier alpha value is -4.50. The molecule has 12 heteroatoms. The molecule has 2 unspecified atom stereocenters. The number of nitrogens with zero attached hydrogens (tertiary/aromatic N) is 3. The number of aryl methyl sites for hydroxylation is 2. The van der Waals surface area contributed by atoms with Gasteiger partial charge in [0.25, 0.3) is 5.56 Å². The molecule has 256 valence electrons. The van der Waals surface area contributed by atoms with Crippen LogP contribution in [0.1, 0.15) is 84.1 Å². The largest absolute Gasteiger partial charge is 0.481 e. The Morgan fingerprint density at radius 3 is 2.33 bits per heavy atom. The van der Waals surface area contributed by atoms with Crippen LogP contribution in [-0.4, -0.2) is 46.1 Å². The second-order valence-corrected chi connectivity index (χ2v) is 12.9. The predicted molar refractivity (Wildman–Crippen MR) is 173 cm³/mol. The van der Waals surface area contributed by atoms with Gasteiger partial charge in [-0.15, -0.1) is 0 Å². The average molecular weight is 669 g/mol. The molecule has 0 bridgehead atoms. The molecule has 1 aliphatic heterocycles. The number of likely N-dealkylation sites (tertiary alicyclic amines) is 1. The third-order valence-electron chi connectivity index (χ3n) is 8.95. The van der Waals surface area contributed by atoms with Crippen LogP contribution in [0.3, 0.4) is 0 Å². The molecule has 2 aromatic carbocycles. The number of benzene rings is 2. The predicted octanol–water partition coefficient (Wildman–Crippen LogP) is 6.64. The minimum absolute atomic E-state index is 0.00707. The molecule has 48 heavy (non-hydrogen) atoms. The molecular formula is C36H40F4N4O4. The molecule has 4 rings (SSSR count). The lowest BCUT2D eigenvalue weighted by Crippen LogP contribution is -2.41. The van der Waals surface area contributed by atoms with E-state index in [9.17, 15) is 37.9 Å². The smallest absolute Gasteiger partial charge is 0.416 e. The SMILES string of the molecule is Cc1ccc(C#N)c(-c2cc(C)c(F)c(C(CC(=O)O)NC(=O)C(CC(C)C)n3cc(CCN4CCC4)c(C(F)(F)F)cc3=O)c2)c1C. The summed E-state index contributed by atoms with van der Waals surface area (Å²) >= 11 is 0. The van der Waals surface area contributed by atoms with Gasteiger partial charge in [-0.3, -0.25) is 14.4 Å². The first-order valence-electron chi connectivity index (χ1n) is 15.9. The fraction of sp³-hybridized carbons (Fsp3) is 0.444. The Balaban J connectivity index is 1.80. The number of hydrogen-bond donors (Lipinski definition) is 2. The Morgan fingerprint density at radius 2 is 1.77 bits per heavy atom. The summed E-state index contributed by atoms with van der Waals surface area (Å²) in [5, 5.41) is 22.2. The maximum absolute atomic E-state index is 15.8. The number of rotatable bonds is 12. The van der Waals surface area contributed by atoms with E-state index in [1.807, 2.05) is 18.7 Å². The number of carboxylic acid groups (broad SMARTS) is 1. The average Bonchev–Trinajstić information content (AvgIpc) is 2.97. The summed E-state index contributed by atoms with van der Waals surface area (Å²) in [6.45, 7) is 10.6. The van der Waals surface area contributed by atoms with Gasteiger partial charge in [0.15, 0.2) is 0 Å². The Labute approximate surface area is 277 Å². The van der Waals surface area contributed by atoms with Crippen LogP contribution in [0.2, 0.25) is 0 Å². The van der Waals surface area contributed by atoms with Gasteiger partial charge < -0.3 is 19.9 Å². The van der Waals surface area contributed by atoms with Crippen molar-refractivity contribution < 1.29 is 32.3 Å². The van der Waals surface area contributed by atoms with Crippen molar-refractivity contribution in [3.63, 3.8) is 0 Å². The van der Waals surface area contributed by atoms with Crippen LogP contribution in [-0.2, 0) is 22.2 Å². The molecular weight excluding hydrogens is 628 g/mol. The van der Waals surface area contributed by atoms with Gasteiger partial charge in [-0.25, -0.2) is 4.39 Å². The molecule has 1 saturated heterocycles. The molecule has 0 spiro atoms. The van der Waals surface area contributed by atoms with Crippen molar-refractivity contribution in [1.29, 1.82) is 5.26 Å². The normalized spacial score (nSPS) is 14.7. The maximum Gasteiger partial charge on any atom is 0.416 e. The highest BCUT2D eigenvalue weighted by Gasteiger charge is 2.36. The molecule has 2 atom stereocenters. The molecule has 0 saturated carbocycles. The van der Waals surface area contributed by atoms with Gasteiger partial charge in [-0.1, -0.05) is 19.9 Å². The second kappa shape index (κ2) is 14.7. The number of aromatic nitrogens is 1. The fourth-order valence-electron chi connectivity index (χ4n) is 6.13. The second-order valence-electron chi connectivity index (χ2n) is 12.9. The Morgan fingerprint density at radius 1 is 1.08 bits per heavy atom. The summed E-state index contributed by atoms with van der Waals surface area (Å²) in [5.41, 5.74) is 0.774. The number of nitriles is 1. The lowest BCUT2D eigenvalue weighted by Gasteiger charge is -2.31. The number of carboxylic acids is 1. The standard InChI is InChI=1S/C36H40F4N4O4/c1-20(2)13-30(44-19-25(9-12-43-10-6-11-43)28(16-31(44)45)36(38,39)40)35(48)42-29(17-32(46)47)27-15-26(14-22(4)34(27)37)33-23(5)21(3)7-8-24(33)18-41/h7-8,14-16,19-20,29-30H,6,9-13,17H2,1-5H3,(H,42,48)(H,46,47). The summed E-state index contributed by atoms with van der Waals surface area (Å²) in [6, 6.07) is 6.32. The lowest BCUT2D eigenvalue weighted by molar-refractivity contribution is -0.139. The number of halogens is 4. The lowest BCUT2D eigenvalue weighted by atomic mass is 9.88. The zero-order valence-corrected chi connectivity index (χ0v) is 27.7. The van der Waals surface area contributed by atoms with Crippen LogP contribution < -0.4 is 10.9 Å². The van der Waals surface area contributed by atoms with Crippen LogP contribution in [0.5, 0.6) is 0 Å². The summed E-state index contributed by atoms with van der Waals surface area (Å²) < 4.78 is 58.8. The van der Waals surface area contributed by atoms with Crippen LogP contribution >= 0.6 is 0 Å². The van der Waals surface area contributed by atoms with Crippen molar-refractivity contribution in [1.82, 2.24) is 14.8 Å². The molecule has 1 aliphatic rings. The van der Waals surface area contributed by atoms with Crippen LogP contribution in [0.25, 0.3) is 11.1 Å². The molecule has 0 aliphatic carbocycles. The first-order valence-corrected chi connectivity index (χ1v) is 15.9. The minimum Gasteiger partial charge on any atom is -0.481 e. The molecule has 0 radical (unpaired) electrons. The van der Waals surface area contributed by atoms with Gasteiger partial charge in [0.1, 0.15) is 11.9 Å². The fourth-order valence-corrected chi connectivity index (χ4v) is 6.13. The van der Waals surface area contributed by atoms with E-state index in [0.717, 1.165) is 41.4 Å². The molecule has 2 N–H and O–H groups in total. The van der Waals surface area contributed by atoms with E-state index in [-0.39, 0.29) is 35.4 Å². The van der Waals surface area contributed by atoms with Gasteiger partial charge in [-0.05, 0) is 105 Å². The zero-order chi connectivity index (χ0) is 35.5. The third kappa shape index (κ3) is 8.13. The Bertz CT molecular complexity index is 1810. The number of amides is 1. The van der Waals surface area contributed by atoms with Crippen molar-refractivity contribution in [2.24, 2.45) is 5.92 Å². The number of aliphatic carboxylic acids is 1. The number of hydrogen-bond acceptors (Lipinski definition) is 5.